The second-order valence-electron chi connectivity index (χ2n) is 5.14. The normalized spacial score (nSPS) is 13.4. The smallest absolute Gasteiger partial charge is 0.312 e. The summed E-state index contributed by atoms with van der Waals surface area (Å²) in [6.07, 6.45) is 0. The van der Waals surface area contributed by atoms with Gasteiger partial charge in [-0.25, -0.2) is 0 Å². The number of carbonyl (C=O) groups excluding carboxylic acids is 2. The predicted molar refractivity (Wildman–Crippen MR) is 66.5 cm³/mol. The summed E-state index contributed by atoms with van der Waals surface area (Å²) in [6.45, 7) is 9.53. The maximum Gasteiger partial charge on any atom is 0.312 e. The van der Waals surface area contributed by atoms with E-state index >= 15 is 0 Å². The van der Waals surface area contributed by atoms with E-state index in [0.717, 1.165) is 0 Å². The fraction of sp³-hybridized carbons (Fsp3) is 0.833. The Morgan fingerprint density at radius 3 is 2.18 bits per heavy atom. The Bertz CT molecular complexity index is 275. The van der Waals surface area contributed by atoms with E-state index in [4.69, 9.17) is 4.74 Å². The van der Waals surface area contributed by atoms with Crippen molar-refractivity contribution in [2.24, 2.45) is 5.41 Å². The topological polar surface area (TPSA) is 67.4 Å². The van der Waals surface area contributed by atoms with Crippen molar-refractivity contribution in [1.29, 1.82) is 0 Å². The van der Waals surface area contributed by atoms with Gasteiger partial charge in [0.2, 0.25) is 5.91 Å². The summed E-state index contributed by atoms with van der Waals surface area (Å²) in [5, 5.41) is 5.83. The highest BCUT2D eigenvalue weighted by Gasteiger charge is 2.29. The summed E-state index contributed by atoms with van der Waals surface area (Å²) < 4.78 is 4.69. The first-order valence-electron chi connectivity index (χ1n) is 5.83. The largest absolute Gasteiger partial charge is 0.469 e. The lowest BCUT2D eigenvalue weighted by molar-refractivity contribution is -0.150. The van der Waals surface area contributed by atoms with E-state index in [-0.39, 0.29) is 24.0 Å². The number of carbonyl (C=O) groups is 2. The van der Waals surface area contributed by atoms with Crippen LogP contribution >= 0.6 is 0 Å². The van der Waals surface area contributed by atoms with Crippen molar-refractivity contribution < 1.29 is 14.3 Å². The molecule has 5 nitrogen and oxygen atoms in total. The summed E-state index contributed by atoms with van der Waals surface area (Å²) in [4.78, 5) is 23.1. The molecule has 0 fully saturated rings. The Hall–Kier alpha value is -1.10. The molecular weight excluding hydrogens is 220 g/mol. The third kappa shape index (κ3) is 5.68. The van der Waals surface area contributed by atoms with Crippen LogP contribution in [0.4, 0.5) is 0 Å². The van der Waals surface area contributed by atoms with Gasteiger partial charge in [0, 0.05) is 12.6 Å². The van der Waals surface area contributed by atoms with Gasteiger partial charge in [-0.2, -0.15) is 0 Å². The van der Waals surface area contributed by atoms with Crippen LogP contribution in [0.2, 0.25) is 0 Å². The third-order valence-electron chi connectivity index (χ3n) is 2.41. The SMILES string of the molecule is COC(=O)C(C)(C)CNC(C)C(=O)NC(C)C. The highest BCUT2D eigenvalue weighted by molar-refractivity contribution is 5.81. The fourth-order valence-electron chi connectivity index (χ4n) is 1.26. The van der Waals surface area contributed by atoms with Crippen molar-refractivity contribution in [2.45, 2.75) is 46.7 Å². The molecule has 0 aromatic carbocycles. The predicted octanol–water partition coefficient (Wildman–Crippen LogP) is 0.688. The molecule has 0 heterocycles. The Balaban J connectivity index is 4.19. The highest BCUT2D eigenvalue weighted by Crippen LogP contribution is 2.15. The molecule has 0 spiro atoms. The molecule has 1 amide bonds. The van der Waals surface area contributed by atoms with E-state index in [1.54, 1.807) is 20.8 Å². The van der Waals surface area contributed by atoms with Gasteiger partial charge in [-0.3, -0.25) is 9.59 Å². The van der Waals surface area contributed by atoms with E-state index in [1.807, 2.05) is 13.8 Å². The van der Waals surface area contributed by atoms with Gasteiger partial charge in [-0.15, -0.1) is 0 Å². The molecule has 0 saturated carbocycles. The van der Waals surface area contributed by atoms with Crippen molar-refractivity contribution >= 4 is 11.9 Å². The number of methoxy groups -OCH3 is 1. The van der Waals surface area contributed by atoms with Crippen molar-refractivity contribution in [2.75, 3.05) is 13.7 Å². The average molecular weight is 244 g/mol. The average Bonchev–Trinajstić information content (AvgIpc) is 2.23. The van der Waals surface area contributed by atoms with Crippen LogP contribution in [0.3, 0.4) is 0 Å². The summed E-state index contributed by atoms with van der Waals surface area (Å²) in [5.41, 5.74) is -0.638. The number of rotatable bonds is 6. The molecule has 0 radical (unpaired) electrons. The highest BCUT2D eigenvalue weighted by atomic mass is 16.5. The summed E-state index contributed by atoms with van der Waals surface area (Å²) in [6, 6.07) is -0.221. The number of nitrogens with one attached hydrogen (secondary N) is 2. The minimum absolute atomic E-state index is 0.0688. The third-order valence-corrected chi connectivity index (χ3v) is 2.41. The first-order chi connectivity index (χ1) is 7.70. The summed E-state index contributed by atoms with van der Waals surface area (Å²) >= 11 is 0. The van der Waals surface area contributed by atoms with Crippen LogP contribution in [0.1, 0.15) is 34.6 Å². The lowest BCUT2D eigenvalue weighted by atomic mass is 9.93. The van der Waals surface area contributed by atoms with Gasteiger partial charge >= 0.3 is 5.97 Å². The molecule has 0 aliphatic heterocycles. The maximum atomic E-state index is 11.6. The van der Waals surface area contributed by atoms with Crippen molar-refractivity contribution in [1.82, 2.24) is 10.6 Å². The van der Waals surface area contributed by atoms with Gasteiger partial charge in [0.1, 0.15) is 0 Å². The van der Waals surface area contributed by atoms with Gasteiger partial charge in [0.05, 0.1) is 18.6 Å². The van der Waals surface area contributed by atoms with Crippen molar-refractivity contribution in [3.8, 4) is 0 Å². The molecule has 1 unspecified atom stereocenters. The van der Waals surface area contributed by atoms with E-state index in [1.165, 1.54) is 7.11 Å². The van der Waals surface area contributed by atoms with Crippen LogP contribution < -0.4 is 10.6 Å². The number of esters is 1. The minimum Gasteiger partial charge on any atom is -0.469 e. The molecule has 17 heavy (non-hydrogen) atoms. The monoisotopic (exact) mass is 244 g/mol. The van der Waals surface area contributed by atoms with Gasteiger partial charge in [-0.05, 0) is 34.6 Å². The number of hydrogen-bond acceptors (Lipinski definition) is 4. The van der Waals surface area contributed by atoms with Crippen LogP contribution in [0, 0.1) is 5.41 Å². The number of ether oxygens (including phenoxy) is 1. The minimum atomic E-state index is -0.638. The molecule has 0 aromatic rings. The van der Waals surface area contributed by atoms with Gasteiger partial charge in [0.25, 0.3) is 0 Å². The van der Waals surface area contributed by atoms with Gasteiger partial charge in [-0.1, -0.05) is 0 Å². The van der Waals surface area contributed by atoms with Crippen molar-refractivity contribution in [3.05, 3.63) is 0 Å². The first kappa shape index (κ1) is 15.9. The molecule has 5 heteroatoms. The van der Waals surface area contributed by atoms with Gasteiger partial charge in [0.15, 0.2) is 0 Å². The zero-order chi connectivity index (χ0) is 13.6. The van der Waals surface area contributed by atoms with Crippen LogP contribution in [0.15, 0.2) is 0 Å². The Labute approximate surface area is 103 Å². The molecule has 0 rings (SSSR count). The molecule has 0 aromatic heterocycles. The molecule has 1 atom stereocenters. The molecule has 0 aliphatic carbocycles. The van der Waals surface area contributed by atoms with E-state index in [2.05, 4.69) is 10.6 Å². The molecule has 0 bridgehead atoms. The van der Waals surface area contributed by atoms with Crippen molar-refractivity contribution in [3.63, 3.8) is 0 Å². The molecule has 2 N–H and O–H groups in total. The fourth-order valence-corrected chi connectivity index (χ4v) is 1.26. The Morgan fingerprint density at radius 2 is 1.76 bits per heavy atom. The Kier molecular flexibility index (Phi) is 6.16. The standard InChI is InChI=1S/C12H24N2O3/c1-8(2)14-10(15)9(3)13-7-12(4,5)11(16)17-6/h8-9,13H,7H2,1-6H3,(H,14,15). The quantitative estimate of drug-likeness (QED) is 0.675. The van der Waals surface area contributed by atoms with Crippen LogP contribution in [-0.4, -0.2) is 37.6 Å². The Morgan fingerprint density at radius 1 is 1.24 bits per heavy atom. The number of amides is 1. The molecule has 0 saturated heterocycles. The van der Waals surface area contributed by atoms with Crippen LogP contribution in [0.25, 0.3) is 0 Å². The maximum absolute atomic E-state index is 11.6. The lowest BCUT2D eigenvalue weighted by Crippen LogP contribution is -2.48. The zero-order valence-electron chi connectivity index (χ0n) is 11.6. The van der Waals surface area contributed by atoms with E-state index < -0.39 is 5.41 Å². The molecular formula is C12H24N2O3. The van der Waals surface area contributed by atoms with Crippen LogP contribution in [-0.2, 0) is 14.3 Å². The summed E-state index contributed by atoms with van der Waals surface area (Å²) in [7, 11) is 1.36. The molecule has 100 valence electrons. The van der Waals surface area contributed by atoms with E-state index in [0.29, 0.717) is 6.54 Å². The lowest BCUT2D eigenvalue weighted by Gasteiger charge is -2.24. The zero-order valence-corrected chi connectivity index (χ0v) is 11.6. The summed E-state index contributed by atoms with van der Waals surface area (Å²) in [5.74, 6) is -0.359. The van der Waals surface area contributed by atoms with Crippen LogP contribution in [0.5, 0.6) is 0 Å². The van der Waals surface area contributed by atoms with E-state index in [9.17, 15) is 9.59 Å². The molecule has 0 aliphatic rings. The second kappa shape index (κ2) is 6.59. The first-order valence-corrected chi connectivity index (χ1v) is 5.83. The number of hydrogen-bond donors (Lipinski definition) is 2. The second-order valence-corrected chi connectivity index (χ2v) is 5.14. The van der Waals surface area contributed by atoms with Gasteiger partial charge < -0.3 is 15.4 Å².